The summed E-state index contributed by atoms with van der Waals surface area (Å²) in [6.07, 6.45) is 0. The number of anilines is 2. The first-order chi connectivity index (χ1) is 10.4. The van der Waals surface area contributed by atoms with E-state index < -0.39 is 11.8 Å². The normalized spacial score (nSPS) is 10.2. The molecule has 0 spiro atoms. The number of nitrogens with one attached hydrogen (secondary N) is 2. The predicted octanol–water partition coefficient (Wildman–Crippen LogP) is 4.64. The Labute approximate surface area is 145 Å². The number of hydrogen-bond donors (Lipinski definition) is 2. The molecule has 2 rings (SSSR count). The molecule has 0 aliphatic carbocycles. The highest BCUT2D eigenvalue weighted by molar-refractivity contribution is 9.10. The lowest BCUT2D eigenvalue weighted by Crippen LogP contribution is -2.29. The van der Waals surface area contributed by atoms with Gasteiger partial charge in [0.25, 0.3) is 0 Å². The number of benzene rings is 2. The van der Waals surface area contributed by atoms with Crippen molar-refractivity contribution in [3.8, 4) is 0 Å². The number of amides is 2. The molecule has 0 aliphatic heterocycles. The zero-order chi connectivity index (χ0) is 16.3. The maximum atomic E-state index is 11.9. The van der Waals surface area contributed by atoms with Crippen LogP contribution in [0.5, 0.6) is 0 Å². The van der Waals surface area contributed by atoms with Gasteiger partial charge in [0.05, 0.1) is 10.7 Å². The minimum Gasteiger partial charge on any atom is -0.318 e. The van der Waals surface area contributed by atoms with E-state index in [-0.39, 0.29) is 5.69 Å². The molecule has 0 radical (unpaired) electrons. The third-order valence-corrected chi connectivity index (χ3v) is 4.25. The lowest BCUT2D eigenvalue weighted by atomic mass is 10.2. The number of rotatable bonds is 2. The summed E-state index contributed by atoms with van der Waals surface area (Å²) in [4.78, 5) is 23.8. The van der Waals surface area contributed by atoms with Crippen molar-refractivity contribution in [2.45, 2.75) is 6.92 Å². The second-order valence-corrected chi connectivity index (χ2v) is 6.19. The van der Waals surface area contributed by atoms with Gasteiger partial charge in [-0.3, -0.25) is 9.59 Å². The standard InChI is InChI=1S/C15H11BrCl2N2O2/c1-8-6-10(3-4-11(8)16)19-14(21)15(22)20-13-7-9(17)2-5-12(13)18/h2-7H,1H3,(H,19,21)(H,20,22). The fraction of sp³-hybridized carbons (Fsp3) is 0.0667. The van der Waals surface area contributed by atoms with Crippen LogP contribution >= 0.6 is 39.1 Å². The fourth-order valence-corrected chi connectivity index (χ4v) is 2.27. The van der Waals surface area contributed by atoms with Crippen LogP contribution in [0.25, 0.3) is 0 Å². The van der Waals surface area contributed by atoms with E-state index in [0.29, 0.717) is 15.7 Å². The highest BCUT2D eigenvalue weighted by Gasteiger charge is 2.16. The van der Waals surface area contributed by atoms with E-state index in [1.54, 1.807) is 24.3 Å². The van der Waals surface area contributed by atoms with Crippen LogP contribution in [0.3, 0.4) is 0 Å². The maximum absolute atomic E-state index is 11.9. The average Bonchev–Trinajstić information content (AvgIpc) is 2.46. The Bertz CT molecular complexity index is 750. The van der Waals surface area contributed by atoms with Crippen LogP contribution in [0.1, 0.15) is 5.56 Å². The Balaban J connectivity index is 2.07. The number of hydrogen-bond acceptors (Lipinski definition) is 2. The van der Waals surface area contributed by atoms with Crippen molar-refractivity contribution in [1.29, 1.82) is 0 Å². The van der Waals surface area contributed by atoms with Gasteiger partial charge >= 0.3 is 11.8 Å². The van der Waals surface area contributed by atoms with Gasteiger partial charge in [-0.2, -0.15) is 0 Å². The summed E-state index contributed by atoms with van der Waals surface area (Å²) >= 11 is 15.1. The Kier molecular flexibility index (Phi) is 5.45. The Morgan fingerprint density at radius 1 is 1.00 bits per heavy atom. The van der Waals surface area contributed by atoms with Gasteiger partial charge < -0.3 is 10.6 Å². The third kappa shape index (κ3) is 4.22. The van der Waals surface area contributed by atoms with Crippen LogP contribution in [-0.4, -0.2) is 11.8 Å². The lowest BCUT2D eigenvalue weighted by Gasteiger charge is -2.09. The molecule has 22 heavy (non-hydrogen) atoms. The van der Waals surface area contributed by atoms with E-state index in [2.05, 4.69) is 26.6 Å². The molecule has 0 aliphatic rings. The van der Waals surface area contributed by atoms with Gasteiger partial charge in [-0.05, 0) is 48.9 Å². The Morgan fingerprint density at radius 3 is 2.36 bits per heavy atom. The average molecular weight is 402 g/mol. The zero-order valence-electron chi connectivity index (χ0n) is 11.4. The Morgan fingerprint density at radius 2 is 1.68 bits per heavy atom. The maximum Gasteiger partial charge on any atom is 0.314 e. The first-order valence-electron chi connectivity index (χ1n) is 6.20. The summed E-state index contributed by atoms with van der Waals surface area (Å²) in [5, 5.41) is 5.64. The highest BCUT2D eigenvalue weighted by atomic mass is 79.9. The van der Waals surface area contributed by atoms with Gasteiger partial charge in [0.1, 0.15) is 0 Å². The number of aryl methyl sites for hydroxylation is 1. The number of carbonyl (C=O) groups excluding carboxylic acids is 2. The van der Waals surface area contributed by atoms with Gasteiger partial charge in [-0.15, -0.1) is 0 Å². The molecule has 2 amide bonds. The first kappa shape index (κ1) is 16.8. The highest BCUT2D eigenvalue weighted by Crippen LogP contribution is 2.25. The molecule has 0 fully saturated rings. The fourth-order valence-electron chi connectivity index (χ4n) is 1.68. The van der Waals surface area contributed by atoms with Crippen LogP contribution in [0.2, 0.25) is 10.0 Å². The molecule has 2 aromatic rings. The van der Waals surface area contributed by atoms with E-state index in [9.17, 15) is 9.59 Å². The van der Waals surface area contributed by atoms with E-state index in [1.807, 2.05) is 6.92 Å². The van der Waals surface area contributed by atoms with Crippen molar-refractivity contribution >= 4 is 62.3 Å². The molecule has 0 atom stereocenters. The molecule has 4 nitrogen and oxygen atoms in total. The summed E-state index contributed by atoms with van der Waals surface area (Å²) in [5.41, 5.74) is 1.75. The van der Waals surface area contributed by atoms with E-state index in [1.165, 1.54) is 12.1 Å². The van der Waals surface area contributed by atoms with Crippen molar-refractivity contribution in [2.75, 3.05) is 10.6 Å². The SMILES string of the molecule is Cc1cc(NC(=O)C(=O)Nc2cc(Cl)ccc2Cl)ccc1Br. The molecule has 0 saturated heterocycles. The van der Waals surface area contributed by atoms with Crippen LogP contribution in [0.4, 0.5) is 11.4 Å². The smallest absolute Gasteiger partial charge is 0.314 e. The van der Waals surface area contributed by atoms with Crippen molar-refractivity contribution in [1.82, 2.24) is 0 Å². The minimum atomic E-state index is -0.829. The topological polar surface area (TPSA) is 58.2 Å². The Hall–Kier alpha value is -1.56. The lowest BCUT2D eigenvalue weighted by molar-refractivity contribution is -0.132. The second kappa shape index (κ2) is 7.13. The zero-order valence-corrected chi connectivity index (χ0v) is 14.5. The quantitative estimate of drug-likeness (QED) is 0.720. The van der Waals surface area contributed by atoms with Crippen molar-refractivity contribution < 1.29 is 9.59 Å². The molecule has 2 N–H and O–H groups in total. The van der Waals surface area contributed by atoms with Gasteiger partial charge in [0, 0.05) is 15.2 Å². The van der Waals surface area contributed by atoms with Crippen LogP contribution in [0, 0.1) is 6.92 Å². The largest absolute Gasteiger partial charge is 0.318 e. The number of halogens is 3. The third-order valence-electron chi connectivity index (χ3n) is 2.80. The molecular weight excluding hydrogens is 391 g/mol. The van der Waals surface area contributed by atoms with Gasteiger partial charge in [-0.1, -0.05) is 39.1 Å². The molecule has 0 bridgehead atoms. The van der Waals surface area contributed by atoms with E-state index >= 15 is 0 Å². The van der Waals surface area contributed by atoms with E-state index in [0.717, 1.165) is 10.0 Å². The summed E-state index contributed by atoms with van der Waals surface area (Å²) in [5.74, 6) is -1.62. The second-order valence-electron chi connectivity index (χ2n) is 4.50. The van der Waals surface area contributed by atoms with Crippen LogP contribution in [0.15, 0.2) is 40.9 Å². The summed E-state index contributed by atoms with van der Waals surface area (Å²) in [6, 6.07) is 9.82. The number of carbonyl (C=O) groups is 2. The van der Waals surface area contributed by atoms with Crippen LogP contribution < -0.4 is 10.6 Å². The summed E-state index contributed by atoms with van der Waals surface area (Å²) in [7, 11) is 0. The summed E-state index contributed by atoms with van der Waals surface area (Å²) in [6.45, 7) is 1.88. The van der Waals surface area contributed by atoms with Crippen LogP contribution in [-0.2, 0) is 9.59 Å². The minimum absolute atomic E-state index is 0.279. The first-order valence-corrected chi connectivity index (χ1v) is 7.75. The monoisotopic (exact) mass is 400 g/mol. The summed E-state index contributed by atoms with van der Waals surface area (Å²) < 4.78 is 0.917. The molecule has 114 valence electrons. The molecule has 2 aromatic carbocycles. The molecule has 7 heteroatoms. The molecule has 0 saturated carbocycles. The molecular formula is C15H11BrCl2N2O2. The van der Waals surface area contributed by atoms with Crippen molar-refractivity contribution in [3.63, 3.8) is 0 Å². The predicted molar refractivity (Wildman–Crippen MR) is 92.6 cm³/mol. The van der Waals surface area contributed by atoms with Gasteiger partial charge in [0.2, 0.25) is 0 Å². The van der Waals surface area contributed by atoms with Gasteiger partial charge in [0.15, 0.2) is 0 Å². The molecule has 0 aromatic heterocycles. The van der Waals surface area contributed by atoms with E-state index in [4.69, 9.17) is 23.2 Å². The molecule has 0 unspecified atom stereocenters. The van der Waals surface area contributed by atoms with Crippen molar-refractivity contribution in [2.24, 2.45) is 0 Å². The van der Waals surface area contributed by atoms with Gasteiger partial charge in [-0.25, -0.2) is 0 Å². The van der Waals surface area contributed by atoms with Crippen molar-refractivity contribution in [3.05, 3.63) is 56.5 Å². The molecule has 0 heterocycles.